The van der Waals surface area contributed by atoms with Crippen molar-refractivity contribution in [3.05, 3.63) is 59.7 Å². The fourth-order valence-corrected chi connectivity index (χ4v) is 3.89. The Morgan fingerprint density at radius 2 is 1.86 bits per heavy atom. The molecule has 0 aromatic heterocycles. The first-order valence-electron chi connectivity index (χ1n) is 10.3. The van der Waals surface area contributed by atoms with Gasteiger partial charge in [-0.1, -0.05) is 61.9 Å². The molecule has 3 atom stereocenters. The zero-order chi connectivity index (χ0) is 21.3. The second-order valence-corrected chi connectivity index (χ2v) is 7.52. The van der Waals surface area contributed by atoms with Gasteiger partial charge in [0.2, 0.25) is 5.91 Å². The van der Waals surface area contributed by atoms with E-state index in [1.165, 1.54) is 0 Å². The molecular weight excluding hydrogens is 377 g/mol. The summed E-state index contributed by atoms with van der Waals surface area (Å²) in [7, 11) is 0. The lowest BCUT2D eigenvalue weighted by atomic mass is 9.72. The number of rotatable bonds is 10. The molecule has 0 aliphatic heterocycles. The van der Waals surface area contributed by atoms with Crippen molar-refractivity contribution in [2.75, 3.05) is 19.6 Å². The van der Waals surface area contributed by atoms with Crippen molar-refractivity contribution in [3.8, 4) is 0 Å². The van der Waals surface area contributed by atoms with Crippen molar-refractivity contribution in [2.24, 2.45) is 11.8 Å². The molecule has 3 nitrogen and oxygen atoms in total. The Kier molecular flexibility index (Phi) is 8.96. The van der Waals surface area contributed by atoms with Gasteiger partial charge in [-0.25, -0.2) is 0 Å². The summed E-state index contributed by atoms with van der Waals surface area (Å²) in [5, 5.41) is 5.36. The fourth-order valence-electron chi connectivity index (χ4n) is 3.89. The molecule has 160 valence electrons. The summed E-state index contributed by atoms with van der Waals surface area (Å²) in [6.45, 7) is 4.48. The number of benzene rings is 1. The molecule has 1 aromatic carbocycles. The summed E-state index contributed by atoms with van der Waals surface area (Å²) < 4.78 is 38.0. The average Bonchev–Trinajstić information content (AvgIpc) is 2.69. The number of amides is 1. The largest absolute Gasteiger partial charge is 0.405 e. The minimum atomic E-state index is -4.41. The lowest BCUT2D eigenvalue weighted by molar-refractivity contribution is -0.141. The van der Waals surface area contributed by atoms with Crippen LogP contribution in [0.1, 0.15) is 43.2 Å². The fraction of sp³-hybridized carbons (Fsp3) is 0.522. The second kappa shape index (κ2) is 11.2. The Bertz CT molecular complexity index is 712. The monoisotopic (exact) mass is 408 g/mol. The maximum absolute atomic E-state index is 12.8. The molecule has 29 heavy (non-hydrogen) atoms. The van der Waals surface area contributed by atoms with Gasteiger partial charge in [0, 0.05) is 11.8 Å². The van der Waals surface area contributed by atoms with Crippen LogP contribution in [0.4, 0.5) is 13.2 Å². The molecule has 0 bridgehead atoms. The highest BCUT2D eigenvalue weighted by molar-refractivity contribution is 5.79. The van der Waals surface area contributed by atoms with E-state index in [0.29, 0.717) is 6.42 Å². The molecule has 1 aromatic rings. The van der Waals surface area contributed by atoms with Gasteiger partial charge >= 0.3 is 6.18 Å². The topological polar surface area (TPSA) is 41.1 Å². The lowest BCUT2D eigenvalue weighted by Crippen LogP contribution is -2.41. The van der Waals surface area contributed by atoms with E-state index in [-0.39, 0.29) is 11.8 Å². The van der Waals surface area contributed by atoms with E-state index in [9.17, 15) is 18.0 Å². The van der Waals surface area contributed by atoms with Crippen LogP contribution in [-0.4, -0.2) is 31.7 Å². The molecule has 1 aliphatic rings. The van der Waals surface area contributed by atoms with Gasteiger partial charge in [-0.2, -0.15) is 13.2 Å². The Morgan fingerprint density at radius 3 is 2.55 bits per heavy atom. The van der Waals surface area contributed by atoms with Crippen molar-refractivity contribution in [2.45, 2.75) is 45.2 Å². The highest BCUT2D eigenvalue weighted by atomic mass is 19.4. The van der Waals surface area contributed by atoms with Crippen molar-refractivity contribution >= 4 is 5.91 Å². The van der Waals surface area contributed by atoms with Crippen molar-refractivity contribution in [1.82, 2.24) is 10.6 Å². The summed E-state index contributed by atoms with van der Waals surface area (Å²) in [6, 6.07) is 7.98. The Hall–Kier alpha value is -2.08. The van der Waals surface area contributed by atoms with Gasteiger partial charge in [0.05, 0.1) is 0 Å². The predicted octanol–water partition coefficient (Wildman–Crippen LogP) is 4.90. The maximum Gasteiger partial charge on any atom is 0.405 e. The van der Waals surface area contributed by atoms with Gasteiger partial charge in [-0.05, 0) is 49.9 Å². The first-order chi connectivity index (χ1) is 13.8. The SMILES string of the molecule is CCNCCCCC(C(=O)NCC(F)(F)F)C1C=CC=CC1c1ccccc1C. The zero-order valence-corrected chi connectivity index (χ0v) is 17.1. The first-order valence-corrected chi connectivity index (χ1v) is 10.3. The van der Waals surface area contributed by atoms with Crippen LogP contribution in [0, 0.1) is 18.8 Å². The molecular formula is C23H31F3N2O. The van der Waals surface area contributed by atoms with Crippen LogP contribution < -0.4 is 10.6 Å². The average molecular weight is 409 g/mol. The molecule has 2 rings (SSSR count). The van der Waals surface area contributed by atoms with Gasteiger partial charge in [-0.15, -0.1) is 0 Å². The van der Waals surface area contributed by atoms with Gasteiger partial charge in [0.15, 0.2) is 0 Å². The van der Waals surface area contributed by atoms with E-state index >= 15 is 0 Å². The summed E-state index contributed by atoms with van der Waals surface area (Å²) in [4.78, 5) is 12.8. The molecule has 0 heterocycles. The van der Waals surface area contributed by atoms with E-state index in [1.54, 1.807) is 0 Å². The second-order valence-electron chi connectivity index (χ2n) is 7.52. The molecule has 6 heteroatoms. The molecule has 2 N–H and O–H groups in total. The number of carbonyl (C=O) groups excluding carboxylic acids is 1. The molecule has 0 fully saturated rings. The van der Waals surface area contributed by atoms with Crippen molar-refractivity contribution < 1.29 is 18.0 Å². The van der Waals surface area contributed by atoms with Crippen molar-refractivity contribution in [3.63, 3.8) is 0 Å². The molecule has 0 saturated carbocycles. The number of carbonyl (C=O) groups is 1. The van der Waals surface area contributed by atoms with Crippen LogP contribution in [0.2, 0.25) is 0 Å². The van der Waals surface area contributed by atoms with E-state index in [4.69, 9.17) is 0 Å². The Morgan fingerprint density at radius 1 is 1.14 bits per heavy atom. The van der Waals surface area contributed by atoms with E-state index in [2.05, 4.69) is 16.7 Å². The van der Waals surface area contributed by atoms with E-state index in [1.807, 2.05) is 56.3 Å². The number of nitrogens with one attached hydrogen (secondary N) is 2. The molecule has 0 saturated heterocycles. The Balaban J connectivity index is 2.19. The number of halogens is 3. The highest BCUT2D eigenvalue weighted by Crippen LogP contribution is 2.38. The minimum absolute atomic E-state index is 0.0309. The third kappa shape index (κ3) is 7.35. The minimum Gasteiger partial charge on any atom is -0.347 e. The smallest absolute Gasteiger partial charge is 0.347 e. The summed E-state index contributed by atoms with van der Waals surface area (Å²) in [5.74, 6) is -1.23. The van der Waals surface area contributed by atoms with Crippen molar-refractivity contribution in [1.29, 1.82) is 0 Å². The molecule has 0 radical (unpaired) electrons. The van der Waals surface area contributed by atoms with Gasteiger partial charge in [-0.3, -0.25) is 4.79 Å². The first kappa shape index (κ1) is 23.2. The van der Waals surface area contributed by atoms with Crippen LogP contribution in [0.15, 0.2) is 48.6 Å². The van der Waals surface area contributed by atoms with Crippen LogP contribution in [-0.2, 0) is 4.79 Å². The predicted molar refractivity (Wildman–Crippen MR) is 111 cm³/mol. The molecule has 3 unspecified atom stereocenters. The van der Waals surface area contributed by atoms with E-state index < -0.39 is 24.5 Å². The van der Waals surface area contributed by atoms with Gasteiger partial charge in [0.25, 0.3) is 0 Å². The quantitative estimate of drug-likeness (QED) is 0.541. The molecule has 0 spiro atoms. The summed E-state index contributed by atoms with van der Waals surface area (Å²) >= 11 is 0. The van der Waals surface area contributed by atoms with Gasteiger partial charge < -0.3 is 10.6 Å². The number of hydrogen-bond donors (Lipinski definition) is 2. The maximum atomic E-state index is 12.8. The van der Waals surface area contributed by atoms with Crippen LogP contribution >= 0.6 is 0 Å². The standard InChI is InChI=1S/C23H31F3N2O/c1-3-27-15-9-8-14-21(22(29)28-16-23(24,25)26)20-13-7-6-12-19(20)18-11-5-4-10-17(18)2/h4-7,10-13,19-21,27H,3,8-9,14-16H2,1-2H3,(H,28,29). The summed E-state index contributed by atoms with van der Waals surface area (Å²) in [5.41, 5.74) is 2.23. The molecule has 1 aliphatic carbocycles. The van der Waals surface area contributed by atoms with Crippen LogP contribution in [0.25, 0.3) is 0 Å². The van der Waals surface area contributed by atoms with Crippen LogP contribution in [0.3, 0.4) is 0 Å². The number of unbranched alkanes of at least 4 members (excludes halogenated alkanes) is 1. The van der Waals surface area contributed by atoms with Crippen LogP contribution in [0.5, 0.6) is 0 Å². The number of hydrogen-bond acceptors (Lipinski definition) is 2. The normalized spacial score (nSPS) is 19.9. The summed E-state index contributed by atoms with van der Waals surface area (Å²) in [6.07, 6.45) is 5.67. The van der Waals surface area contributed by atoms with E-state index in [0.717, 1.165) is 37.1 Å². The van der Waals surface area contributed by atoms with Gasteiger partial charge in [0.1, 0.15) is 6.54 Å². The number of aryl methyl sites for hydroxylation is 1. The third-order valence-electron chi connectivity index (χ3n) is 5.36. The molecule has 1 amide bonds. The zero-order valence-electron chi connectivity index (χ0n) is 17.1. The third-order valence-corrected chi connectivity index (χ3v) is 5.36. The number of allylic oxidation sites excluding steroid dienone is 4. The highest BCUT2D eigenvalue weighted by Gasteiger charge is 2.35. The lowest BCUT2D eigenvalue weighted by Gasteiger charge is -2.32. The Labute approximate surface area is 171 Å². The number of alkyl halides is 3.